The summed E-state index contributed by atoms with van der Waals surface area (Å²) >= 11 is 0. The monoisotopic (exact) mass is 369 g/mol. The van der Waals surface area contributed by atoms with Gasteiger partial charge >= 0.3 is 29.6 Å². The maximum absolute atomic E-state index is 10.6. The van der Waals surface area contributed by atoms with Crippen molar-refractivity contribution in [3.05, 3.63) is 0 Å². The Bertz CT molecular complexity index is 225. The molecule has 0 bridgehead atoms. The molecular formula is C6H19B4F4NO9. The topological polar surface area (TPSA) is 182 Å². The number of hydrogen-bond acceptors (Lipinski definition) is 10. The second kappa shape index (κ2) is 22.3. The molecule has 0 unspecified atom stereocenters. The largest absolute Gasteiger partial charge is 0.674 e. The lowest BCUT2D eigenvalue weighted by Crippen LogP contribution is -2.29. The Labute approximate surface area is 136 Å². The van der Waals surface area contributed by atoms with Crippen LogP contribution in [-0.2, 0) is 4.79 Å². The molecule has 1 saturated heterocycles. The summed E-state index contributed by atoms with van der Waals surface area (Å²) in [5.41, 5.74) is 0. The molecule has 10 nitrogen and oxygen atoms in total. The molecule has 18 heteroatoms. The third kappa shape index (κ3) is 102. The number of rotatable bonds is 0. The van der Waals surface area contributed by atoms with Crippen LogP contribution in [0.5, 0.6) is 0 Å². The predicted octanol–water partition coefficient (Wildman–Crippen LogP) is -4.02. The molecule has 1 aliphatic heterocycles. The van der Waals surface area contributed by atoms with Gasteiger partial charge < -0.3 is 45.1 Å². The molecule has 1 fully saturated rings. The van der Waals surface area contributed by atoms with E-state index in [1.54, 1.807) is 0 Å². The van der Waals surface area contributed by atoms with E-state index in [9.17, 15) is 22.1 Å². The van der Waals surface area contributed by atoms with E-state index in [4.69, 9.17) is 40.2 Å². The molecular weight excluding hydrogens is 349 g/mol. The van der Waals surface area contributed by atoms with Crippen LogP contribution >= 0.6 is 0 Å². The minimum atomic E-state index is -2.67. The molecule has 0 amide bonds. The van der Waals surface area contributed by atoms with Crippen molar-refractivity contribution in [3.8, 4) is 0 Å². The molecule has 0 aromatic carbocycles. The summed E-state index contributed by atoms with van der Waals surface area (Å²) in [5, 5.41) is 55.6. The van der Waals surface area contributed by atoms with Gasteiger partial charge in [-0.25, -0.2) is 0 Å². The van der Waals surface area contributed by atoms with Crippen molar-refractivity contribution in [3.63, 3.8) is 0 Å². The van der Waals surface area contributed by atoms with E-state index in [2.05, 4.69) is 4.90 Å². The second-order valence-corrected chi connectivity index (χ2v) is 3.58. The number of Topliss-reactive ketones (excluding diaryl/α,β-unsaturated/α-hetero) is 1. The molecule has 142 valence electrons. The minimum absolute atomic E-state index is 0.420. The number of nitrogens with zero attached hydrogens (tertiary/aromatic N) is 1. The van der Waals surface area contributed by atoms with Gasteiger partial charge in [0.05, 0.1) is 0 Å². The van der Waals surface area contributed by atoms with Crippen LogP contribution in [0.2, 0.25) is 0 Å². The van der Waals surface area contributed by atoms with Gasteiger partial charge in [0.25, 0.3) is 0 Å². The SMILES string of the molecule is CN1CCC(=O)CC1.OB(O)F.OB(O)F.OB(O)F.OB(O)F. The van der Waals surface area contributed by atoms with Gasteiger partial charge in [0.1, 0.15) is 5.78 Å². The summed E-state index contributed by atoms with van der Waals surface area (Å²) in [4.78, 5) is 12.8. The molecule has 0 radical (unpaired) electrons. The average Bonchev–Trinajstić information content (AvgIpc) is 2.30. The first-order valence-corrected chi connectivity index (χ1v) is 5.93. The van der Waals surface area contributed by atoms with Gasteiger partial charge in [0, 0.05) is 25.9 Å². The standard InChI is InChI=1S/C6H11NO.4BFH2O2/c1-7-4-2-6(8)3-5-7;4*2-1(3)4/h2-5H2,1H3;4*3-4H. The highest BCUT2D eigenvalue weighted by molar-refractivity contribution is 6.32. The van der Waals surface area contributed by atoms with Gasteiger partial charge in [-0.3, -0.25) is 22.1 Å². The van der Waals surface area contributed by atoms with E-state index in [0.29, 0.717) is 5.78 Å². The molecule has 1 rings (SSSR count). The zero-order valence-electron chi connectivity index (χ0n) is 12.6. The highest BCUT2D eigenvalue weighted by atomic mass is 19.1. The van der Waals surface area contributed by atoms with Crippen molar-refractivity contribution < 1.29 is 62.2 Å². The zero-order valence-corrected chi connectivity index (χ0v) is 12.6. The second-order valence-electron chi connectivity index (χ2n) is 3.58. The molecule has 0 saturated carbocycles. The number of carbonyl (C=O) groups is 1. The van der Waals surface area contributed by atoms with E-state index in [1.165, 1.54) is 0 Å². The Balaban J connectivity index is -0.000000110. The fraction of sp³-hybridized carbons (Fsp3) is 0.833. The molecule has 1 heterocycles. The summed E-state index contributed by atoms with van der Waals surface area (Å²) in [5.74, 6) is 0.420. The normalized spacial score (nSPS) is 12.5. The van der Waals surface area contributed by atoms with Crippen molar-refractivity contribution in [2.24, 2.45) is 0 Å². The van der Waals surface area contributed by atoms with E-state index < -0.39 is 29.6 Å². The van der Waals surface area contributed by atoms with Crippen LogP contribution < -0.4 is 0 Å². The molecule has 0 atom stereocenters. The summed E-state index contributed by atoms with van der Waals surface area (Å²) < 4.78 is 40.4. The third-order valence-corrected chi connectivity index (χ3v) is 1.54. The lowest BCUT2D eigenvalue weighted by Gasteiger charge is -2.19. The molecule has 0 aromatic rings. The van der Waals surface area contributed by atoms with E-state index in [1.807, 2.05) is 7.05 Å². The first-order chi connectivity index (χ1) is 10.7. The molecule has 1 aliphatic rings. The van der Waals surface area contributed by atoms with Gasteiger partial charge in [-0.1, -0.05) is 0 Å². The molecule has 0 spiro atoms. The van der Waals surface area contributed by atoms with Crippen LogP contribution in [-0.4, -0.2) is 101 Å². The van der Waals surface area contributed by atoms with Crippen molar-refractivity contribution in [1.29, 1.82) is 0 Å². The molecule has 8 N–H and O–H groups in total. The summed E-state index contributed by atoms with van der Waals surface area (Å²) in [6.45, 7) is 1.91. The Hall–Kier alpha value is -0.710. The van der Waals surface area contributed by atoms with Gasteiger partial charge in [-0.05, 0) is 7.05 Å². The highest BCUT2D eigenvalue weighted by Crippen LogP contribution is 2.01. The first kappa shape index (κ1) is 31.1. The van der Waals surface area contributed by atoms with Gasteiger partial charge in [-0.2, -0.15) is 0 Å². The molecule has 0 aliphatic carbocycles. The number of halogens is 4. The number of hydrogen-bond donors (Lipinski definition) is 8. The van der Waals surface area contributed by atoms with Crippen LogP contribution in [0.15, 0.2) is 0 Å². The average molecular weight is 368 g/mol. The van der Waals surface area contributed by atoms with Crippen LogP contribution in [0.4, 0.5) is 17.3 Å². The van der Waals surface area contributed by atoms with Gasteiger partial charge in [-0.15, -0.1) is 0 Å². The summed E-state index contributed by atoms with van der Waals surface area (Å²) in [6.07, 6.45) is 1.52. The highest BCUT2D eigenvalue weighted by Gasteiger charge is 2.11. The van der Waals surface area contributed by atoms with E-state index in [0.717, 1.165) is 25.9 Å². The third-order valence-electron chi connectivity index (χ3n) is 1.54. The number of piperidine rings is 1. The first-order valence-electron chi connectivity index (χ1n) is 5.93. The smallest absolute Gasteiger partial charge is 0.398 e. The fourth-order valence-electron chi connectivity index (χ4n) is 0.868. The van der Waals surface area contributed by atoms with Crippen molar-refractivity contribution >= 4 is 35.4 Å². The van der Waals surface area contributed by atoms with E-state index >= 15 is 0 Å². The number of ketones is 1. The summed E-state index contributed by atoms with van der Waals surface area (Å²) in [6, 6.07) is 0. The Morgan fingerprint density at radius 1 is 0.708 bits per heavy atom. The lowest BCUT2D eigenvalue weighted by molar-refractivity contribution is -0.121. The summed E-state index contributed by atoms with van der Waals surface area (Å²) in [7, 11) is -8.62. The van der Waals surface area contributed by atoms with Crippen molar-refractivity contribution in [2.45, 2.75) is 12.8 Å². The lowest BCUT2D eigenvalue weighted by atomic mass is 10.1. The predicted molar refractivity (Wildman–Crippen MR) is 76.9 cm³/mol. The van der Waals surface area contributed by atoms with Crippen molar-refractivity contribution in [2.75, 3.05) is 20.1 Å². The van der Waals surface area contributed by atoms with Crippen LogP contribution in [0.25, 0.3) is 0 Å². The van der Waals surface area contributed by atoms with Crippen LogP contribution in [0, 0.1) is 0 Å². The number of carbonyl (C=O) groups excluding carboxylic acids is 1. The Morgan fingerprint density at radius 2 is 0.875 bits per heavy atom. The fourth-order valence-corrected chi connectivity index (χ4v) is 0.868. The molecule has 24 heavy (non-hydrogen) atoms. The Kier molecular flexibility index (Phi) is 28.9. The van der Waals surface area contributed by atoms with Gasteiger partial charge in [0.15, 0.2) is 0 Å². The van der Waals surface area contributed by atoms with Crippen molar-refractivity contribution in [1.82, 2.24) is 4.90 Å². The van der Waals surface area contributed by atoms with Crippen LogP contribution in [0.1, 0.15) is 12.8 Å². The van der Waals surface area contributed by atoms with Crippen LogP contribution in [0.3, 0.4) is 0 Å². The zero-order chi connectivity index (χ0) is 20.3. The Morgan fingerprint density at radius 3 is 1.00 bits per heavy atom. The van der Waals surface area contributed by atoms with Gasteiger partial charge in [0.2, 0.25) is 0 Å². The quantitative estimate of drug-likeness (QED) is 0.155. The maximum atomic E-state index is 10.6. The maximum Gasteiger partial charge on any atom is 0.674 e. The van der Waals surface area contributed by atoms with E-state index in [-0.39, 0.29) is 0 Å². The molecule has 0 aromatic heterocycles. The minimum Gasteiger partial charge on any atom is -0.398 e. The number of likely N-dealkylation sites (tertiary alicyclic amines) is 1.